The van der Waals surface area contributed by atoms with Crippen LogP contribution in [0.25, 0.3) is 0 Å². The molecule has 3 rings (SSSR count). The number of aromatic amines is 2. The lowest BCUT2D eigenvalue weighted by atomic mass is 10.0. The van der Waals surface area contributed by atoms with Crippen molar-refractivity contribution < 1.29 is 9.53 Å². The summed E-state index contributed by atoms with van der Waals surface area (Å²) in [6.07, 6.45) is 0.804. The van der Waals surface area contributed by atoms with E-state index in [4.69, 9.17) is 4.74 Å². The average Bonchev–Trinajstić information content (AvgIpc) is 3.18. The molecule has 0 aromatic carbocycles. The highest BCUT2D eigenvalue weighted by atomic mass is 16.5. The molecule has 1 amide bonds. The molecule has 1 aliphatic heterocycles. The van der Waals surface area contributed by atoms with Crippen LogP contribution < -0.4 is 5.32 Å². The van der Waals surface area contributed by atoms with E-state index in [-0.39, 0.29) is 17.9 Å². The number of aryl methyl sites for hydroxylation is 3. The first kappa shape index (κ1) is 14.8. The standard InChI is InChI=1S/C15H21N5O2/c1-4-12-18-14(20-19-12)10-6-22-7-11(10)17-15(21)13-8(2)5-9(3)16-13/h5,10-11,16H,4,6-7H2,1-3H3,(H,17,21)(H,18,19,20)/t10-,11+/m1/s1. The molecule has 0 unspecified atom stereocenters. The maximum Gasteiger partial charge on any atom is 0.268 e. The number of ether oxygens (including phenoxy) is 1. The lowest BCUT2D eigenvalue weighted by molar-refractivity contribution is 0.0923. The van der Waals surface area contributed by atoms with Crippen LogP contribution in [0.4, 0.5) is 0 Å². The van der Waals surface area contributed by atoms with Gasteiger partial charge in [-0.1, -0.05) is 6.92 Å². The summed E-state index contributed by atoms with van der Waals surface area (Å²) in [6, 6.07) is 1.84. The molecule has 0 spiro atoms. The van der Waals surface area contributed by atoms with Crippen molar-refractivity contribution in [3.63, 3.8) is 0 Å². The molecule has 7 nitrogen and oxygen atoms in total. The molecule has 0 bridgehead atoms. The Balaban J connectivity index is 1.73. The van der Waals surface area contributed by atoms with Crippen LogP contribution in [0.1, 0.15) is 46.2 Å². The van der Waals surface area contributed by atoms with Crippen LogP contribution in [-0.2, 0) is 11.2 Å². The fraction of sp³-hybridized carbons (Fsp3) is 0.533. The number of nitrogens with one attached hydrogen (secondary N) is 3. The predicted octanol–water partition coefficient (Wildman–Crippen LogP) is 1.22. The number of hydrogen-bond donors (Lipinski definition) is 3. The van der Waals surface area contributed by atoms with E-state index in [0.29, 0.717) is 24.7 Å². The molecule has 118 valence electrons. The Morgan fingerprint density at radius 2 is 2.27 bits per heavy atom. The highest BCUT2D eigenvalue weighted by molar-refractivity contribution is 5.94. The Labute approximate surface area is 128 Å². The van der Waals surface area contributed by atoms with Gasteiger partial charge in [-0.15, -0.1) is 0 Å². The third-order valence-electron chi connectivity index (χ3n) is 3.99. The number of aromatic nitrogens is 4. The van der Waals surface area contributed by atoms with E-state index in [0.717, 1.165) is 23.5 Å². The van der Waals surface area contributed by atoms with Crippen LogP contribution in [0.2, 0.25) is 0 Å². The van der Waals surface area contributed by atoms with Crippen molar-refractivity contribution in [2.45, 2.75) is 39.2 Å². The van der Waals surface area contributed by atoms with E-state index >= 15 is 0 Å². The van der Waals surface area contributed by atoms with Gasteiger partial charge in [-0.3, -0.25) is 9.89 Å². The maximum atomic E-state index is 12.4. The number of H-pyrrole nitrogens is 2. The summed E-state index contributed by atoms with van der Waals surface area (Å²) in [5.41, 5.74) is 2.52. The van der Waals surface area contributed by atoms with Crippen molar-refractivity contribution in [3.05, 3.63) is 34.7 Å². The summed E-state index contributed by atoms with van der Waals surface area (Å²) in [5, 5.41) is 10.2. The molecule has 1 fully saturated rings. The van der Waals surface area contributed by atoms with Gasteiger partial charge >= 0.3 is 0 Å². The first-order chi connectivity index (χ1) is 10.6. The minimum Gasteiger partial charge on any atom is -0.378 e. The smallest absolute Gasteiger partial charge is 0.268 e. The van der Waals surface area contributed by atoms with Crippen LogP contribution in [0, 0.1) is 13.8 Å². The van der Waals surface area contributed by atoms with E-state index in [1.807, 2.05) is 26.8 Å². The van der Waals surface area contributed by atoms with Gasteiger partial charge in [0.2, 0.25) is 0 Å². The summed E-state index contributed by atoms with van der Waals surface area (Å²) in [5.74, 6) is 1.43. The second-order valence-corrected chi connectivity index (χ2v) is 5.73. The lowest BCUT2D eigenvalue weighted by Gasteiger charge is -2.16. The first-order valence-electron chi connectivity index (χ1n) is 7.54. The van der Waals surface area contributed by atoms with Crippen molar-refractivity contribution in [1.82, 2.24) is 25.5 Å². The fourth-order valence-electron chi connectivity index (χ4n) is 2.79. The van der Waals surface area contributed by atoms with Crippen LogP contribution in [0.5, 0.6) is 0 Å². The van der Waals surface area contributed by atoms with Crippen LogP contribution in [0.3, 0.4) is 0 Å². The van der Waals surface area contributed by atoms with Crippen LogP contribution >= 0.6 is 0 Å². The minimum absolute atomic E-state index is 0.0168. The van der Waals surface area contributed by atoms with Crippen molar-refractivity contribution in [3.8, 4) is 0 Å². The molecule has 22 heavy (non-hydrogen) atoms. The normalized spacial score (nSPS) is 21.2. The fourth-order valence-corrected chi connectivity index (χ4v) is 2.79. The molecular formula is C15H21N5O2. The van der Waals surface area contributed by atoms with E-state index in [1.54, 1.807) is 0 Å². The van der Waals surface area contributed by atoms with Crippen LogP contribution in [-0.4, -0.2) is 45.3 Å². The highest BCUT2D eigenvalue weighted by Gasteiger charge is 2.34. The molecular weight excluding hydrogens is 282 g/mol. The van der Waals surface area contributed by atoms with Gasteiger partial charge in [-0.25, -0.2) is 4.98 Å². The zero-order valence-electron chi connectivity index (χ0n) is 13.1. The molecule has 7 heteroatoms. The van der Waals surface area contributed by atoms with Crippen molar-refractivity contribution in [2.24, 2.45) is 0 Å². The molecule has 2 atom stereocenters. The van der Waals surface area contributed by atoms with Gasteiger partial charge in [0.05, 0.1) is 25.2 Å². The summed E-state index contributed by atoms with van der Waals surface area (Å²) < 4.78 is 5.52. The largest absolute Gasteiger partial charge is 0.378 e. The predicted molar refractivity (Wildman–Crippen MR) is 80.8 cm³/mol. The monoisotopic (exact) mass is 303 g/mol. The minimum atomic E-state index is -0.115. The average molecular weight is 303 g/mol. The third-order valence-corrected chi connectivity index (χ3v) is 3.99. The topological polar surface area (TPSA) is 95.7 Å². The second-order valence-electron chi connectivity index (χ2n) is 5.73. The van der Waals surface area contributed by atoms with Crippen molar-refractivity contribution in [1.29, 1.82) is 0 Å². The second kappa shape index (κ2) is 5.92. The van der Waals surface area contributed by atoms with Crippen molar-refractivity contribution >= 4 is 5.91 Å². The molecule has 3 N–H and O–H groups in total. The molecule has 2 aromatic rings. The zero-order valence-corrected chi connectivity index (χ0v) is 13.1. The Morgan fingerprint density at radius 3 is 2.91 bits per heavy atom. The van der Waals surface area contributed by atoms with Gasteiger partial charge in [0.25, 0.3) is 5.91 Å². The molecule has 0 radical (unpaired) electrons. The van der Waals surface area contributed by atoms with Gasteiger partial charge < -0.3 is 15.0 Å². The molecule has 0 aliphatic carbocycles. The van der Waals surface area contributed by atoms with E-state index in [9.17, 15) is 4.79 Å². The lowest BCUT2D eigenvalue weighted by Crippen LogP contribution is -2.39. The maximum absolute atomic E-state index is 12.4. The molecule has 1 aliphatic rings. The summed E-state index contributed by atoms with van der Waals surface area (Å²) in [6.45, 7) is 6.87. The van der Waals surface area contributed by atoms with Gasteiger partial charge in [0, 0.05) is 12.1 Å². The Kier molecular flexibility index (Phi) is 3.98. The number of amides is 1. The molecule has 2 aromatic heterocycles. The number of carbonyl (C=O) groups excluding carboxylic acids is 1. The molecule has 3 heterocycles. The quantitative estimate of drug-likeness (QED) is 0.791. The highest BCUT2D eigenvalue weighted by Crippen LogP contribution is 2.23. The summed E-state index contributed by atoms with van der Waals surface area (Å²) in [4.78, 5) is 20.0. The number of rotatable bonds is 4. The van der Waals surface area contributed by atoms with Gasteiger partial charge in [0.15, 0.2) is 5.82 Å². The Bertz CT molecular complexity index is 675. The summed E-state index contributed by atoms with van der Waals surface area (Å²) in [7, 11) is 0. The molecule has 0 saturated carbocycles. The van der Waals surface area contributed by atoms with Crippen molar-refractivity contribution in [2.75, 3.05) is 13.2 Å². The van der Waals surface area contributed by atoms with E-state index in [2.05, 4.69) is 25.5 Å². The third kappa shape index (κ3) is 2.76. The number of carbonyl (C=O) groups is 1. The van der Waals surface area contributed by atoms with E-state index in [1.165, 1.54) is 0 Å². The van der Waals surface area contributed by atoms with E-state index < -0.39 is 0 Å². The number of hydrogen-bond acceptors (Lipinski definition) is 4. The zero-order chi connectivity index (χ0) is 15.7. The van der Waals surface area contributed by atoms with Gasteiger partial charge in [0.1, 0.15) is 11.5 Å². The summed E-state index contributed by atoms with van der Waals surface area (Å²) >= 11 is 0. The number of nitrogens with zero attached hydrogens (tertiary/aromatic N) is 2. The van der Waals surface area contributed by atoms with Gasteiger partial charge in [-0.2, -0.15) is 5.10 Å². The first-order valence-corrected chi connectivity index (χ1v) is 7.54. The van der Waals surface area contributed by atoms with Crippen LogP contribution in [0.15, 0.2) is 6.07 Å². The molecule has 1 saturated heterocycles. The SMILES string of the molecule is CCc1nc([C@@H]2COC[C@@H]2NC(=O)c2[nH]c(C)cc2C)n[nH]1. The Hall–Kier alpha value is -2.15. The Morgan fingerprint density at radius 1 is 1.45 bits per heavy atom. The van der Waals surface area contributed by atoms with Gasteiger partial charge in [-0.05, 0) is 25.5 Å².